The minimum atomic E-state index is -4.52. The summed E-state index contributed by atoms with van der Waals surface area (Å²) in [6.07, 6.45) is 36.4. The Morgan fingerprint density at radius 3 is 1.63 bits per heavy atom. The topological polar surface area (TPSA) is 94.1 Å². The summed E-state index contributed by atoms with van der Waals surface area (Å²) >= 11 is 0. The number of carbonyl (C=O) groups is 1. The molecule has 0 N–H and O–H groups in total. The number of quaternary nitrogens is 1. The quantitative estimate of drug-likeness (QED) is 0.0202. The van der Waals surface area contributed by atoms with Crippen molar-refractivity contribution in [1.29, 1.82) is 0 Å². The lowest BCUT2D eigenvalue weighted by Crippen LogP contribution is -2.37. The van der Waals surface area contributed by atoms with Crippen molar-refractivity contribution in [3.63, 3.8) is 0 Å². The molecule has 0 saturated heterocycles. The molecule has 0 aromatic heterocycles. The highest BCUT2D eigenvalue weighted by Crippen LogP contribution is 2.38. The van der Waals surface area contributed by atoms with Crippen molar-refractivity contribution < 1.29 is 37.3 Å². The summed E-state index contributed by atoms with van der Waals surface area (Å²) in [6, 6.07) is 0. The van der Waals surface area contributed by atoms with E-state index in [-0.39, 0.29) is 25.8 Å². The van der Waals surface area contributed by atoms with Gasteiger partial charge in [0.15, 0.2) is 0 Å². The minimum Gasteiger partial charge on any atom is -0.756 e. The van der Waals surface area contributed by atoms with Gasteiger partial charge in [-0.3, -0.25) is 9.36 Å². The zero-order valence-electron chi connectivity index (χ0n) is 35.2. The molecule has 0 aliphatic rings. The maximum atomic E-state index is 12.7. The standard InChI is InChI=1S/C43H86NO7P/c1-7-8-9-10-11-12-13-14-15-16-20-23-26-29-32-35-43(45)51-42(40-50-52(46,47)49-38-36-44(4,5)6)39-48-37-33-30-27-24-21-18-17-19-22-25-28-31-34-41(2)3/h12-13,41-42H,7-11,14-40H2,1-6H3/b13-12-/t42-/m1/s1. The lowest BCUT2D eigenvalue weighted by Gasteiger charge is -2.28. The zero-order chi connectivity index (χ0) is 38.6. The predicted molar refractivity (Wildman–Crippen MR) is 217 cm³/mol. The van der Waals surface area contributed by atoms with Crippen LogP contribution in [0.2, 0.25) is 0 Å². The number of esters is 1. The highest BCUT2D eigenvalue weighted by Gasteiger charge is 2.20. The van der Waals surface area contributed by atoms with E-state index in [1.54, 1.807) is 0 Å². The summed E-state index contributed by atoms with van der Waals surface area (Å²) in [5, 5.41) is 0. The summed E-state index contributed by atoms with van der Waals surface area (Å²) < 4.78 is 34.6. The first-order valence-electron chi connectivity index (χ1n) is 21.8. The van der Waals surface area contributed by atoms with Gasteiger partial charge in [-0.2, -0.15) is 0 Å². The van der Waals surface area contributed by atoms with Crippen molar-refractivity contribution in [2.45, 2.75) is 200 Å². The van der Waals surface area contributed by atoms with Crippen molar-refractivity contribution in [3.05, 3.63) is 12.2 Å². The first kappa shape index (κ1) is 51.2. The molecule has 0 aromatic carbocycles. The number of ether oxygens (including phenoxy) is 2. The third-order valence-electron chi connectivity index (χ3n) is 9.49. The van der Waals surface area contributed by atoms with Gasteiger partial charge in [-0.1, -0.05) is 161 Å². The second kappa shape index (κ2) is 35.9. The van der Waals surface area contributed by atoms with Gasteiger partial charge in [0.1, 0.15) is 19.3 Å². The van der Waals surface area contributed by atoms with E-state index in [1.807, 2.05) is 21.1 Å². The molecule has 52 heavy (non-hydrogen) atoms. The van der Waals surface area contributed by atoms with E-state index in [2.05, 4.69) is 32.9 Å². The maximum Gasteiger partial charge on any atom is 0.306 e. The molecule has 0 aliphatic heterocycles. The Hall–Kier alpha value is -0.760. The normalized spacial score (nSPS) is 14.0. The van der Waals surface area contributed by atoms with E-state index >= 15 is 0 Å². The largest absolute Gasteiger partial charge is 0.756 e. The van der Waals surface area contributed by atoms with Gasteiger partial charge in [0, 0.05) is 13.0 Å². The molecular formula is C43H86NO7P. The molecular weight excluding hydrogens is 673 g/mol. The second-order valence-corrected chi connectivity index (χ2v) is 17.9. The number of nitrogens with zero attached hydrogens (tertiary/aromatic N) is 1. The van der Waals surface area contributed by atoms with Crippen LogP contribution < -0.4 is 4.89 Å². The average molecular weight is 760 g/mol. The van der Waals surface area contributed by atoms with Gasteiger partial charge in [-0.05, 0) is 44.4 Å². The number of rotatable bonds is 40. The van der Waals surface area contributed by atoms with E-state index in [0.29, 0.717) is 24.1 Å². The van der Waals surface area contributed by atoms with Crippen LogP contribution in [0.4, 0.5) is 0 Å². The van der Waals surface area contributed by atoms with Gasteiger partial charge in [0.2, 0.25) is 0 Å². The van der Waals surface area contributed by atoms with Crippen molar-refractivity contribution in [2.75, 3.05) is 54.1 Å². The number of hydrogen-bond acceptors (Lipinski definition) is 7. The van der Waals surface area contributed by atoms with Crippen LogP contribution in [0.25, 0.3) is 0 Å². The van der Waals surface area contributed by atoms with Crippen LogP contribution >= 0.6 is 7.82 Å². The average Bonchev–Trinajstić information content (AvgIpc) is 3.07. The van der Waals surface area contributed by atoms with Gasteiger partial charge in [0.05, 0.1) is 34.4 Å². The third-order valence-corrected chi connectivity index (χ3v) is 10.5. The molecule has 0 aromatic rings. The van der Waals surface area contributed by atoms with Crippen LogP contribution in [0.5, 0.6) is 0 Å². The van der Waals surface area contributed by atoms with E-state index in [0.717, 1.165) is 38.0 Å². The van der Waals surface area contributed by atoms with Gasteiger partial charge in [-0.25, -0.2) is 0 Å². The molecule has 0 radical (unpaired) electrons. The Labute approximate surface area is 322 Å². The van der Waals surface area contributed by atoms with E-state index < -0.39 is 13.9 Å². The summed E-state index contributed by atoms with van der Waals surface area (Å²) in [5.41, 5.74) is 0. The molecule has 0 aliphatic carbocycles. The summed E-state index contributed by atoms with van der Waals surface area (Å²) in [4.78, 5) is 25.0. The van der Waals surface area contributed by atoms with Crippen molar-refractivity contribution >= 4 is 13.8 Å². The molecule has 1 unspecified atom stereocenters. The zero-order valence-corrected chi connectivity index (χ0v) is 36.1. The summed E-state index contributed by atoms with van der Waals surface area (Å²) in [6.45, 7) is 7.77. The van der Waals surface area contributed by atoms with Crippen molar-refractivity contribution in [1.82, 2.24) is 0 Å². The van der Waals surface area contributed by atoms with Gasteiger partial charge in [-0.15, -0.1) is 0 Å². The molecule has 9 heteroatoms. The second-order valence-electron chi connectivity index (χ2n) is 16.5. The number of likely N-dealkylation sites (N-methyl/N-ethyl adjacent to an activating group) is 1. The fourth-order valence-corrected chi connectivity index (χ4v) is 6.81. The van der Waals surface area contributed by atoms with E-state index in [1.165, 1.54) is 135 Å². The van der Waals surface area contributed by atoms with Crippen molar-refractivity contribution in [2.24, 2.45) is 5.92 Å². The number of phosphoric ester groups is 1. The predicted octanol–water partition coefficient (Wildman–Crippen LogP) is 11.9. The fourth-order valence-electron chi connectivity index (χ4n) is 6.08. The lowest BCUT2D eigenvalue weighted by molar-refractivity contribution is -0.870. The van der Waals surface area contributed by atoms with Crippen LogP contribution in [0.1, 0.15) is 194 Å². The fraction of sp³-hybridized carbons (Fsp3) is 0.930. The first-order chi connectivity index (χ1) is 24.9. The molecule has 0 rings (SSSR count). The SMILES string of the molecule is CCCCCC/C=C\CCCCCCCCCC(=O)O[C@H](COCCCCCCCCCCCCCCC(C)C)COP(=O)([O-])OCC[N+](C)(C)C. The highest BCUT2D eigenvalue weighted by molar-refractivity contribution is 7.45. The van der Waals surface area contributed by atoms with Gasteiger partial charge < -0.3 is 27.9 Å². The maximum absolute atomic E-state index is 12.7. The summed E-state index contributed by atoms with van der Waals surface area (Å²) in [5.74, 6) is 0.496. The number of carbonyl (C=O) groups excluding carboxylic acids is 1. The van der Waals surface area contributed by atoms with Crippen LogP contribution in [-0.4, -0.2) is 70.7 Å². The van der Waals surface area contributed by atoms with Crippen LogP contribution in [-0.2, 0) is 27.9 Å². The summed E-state index contributed by atoms with van der Waals surface area (Å²) in [7, 11) is 1.36. The Balaban J connectivity index is 4.22. The molecule has 0 heterocycles. The number of hydrogen-bond donors (Lipinski definition) is 0. The molecule has 8 nitrogen and oxygen atoms in total. The number of allylic oxidation sites excluding steroid dienone is 2. The lowest BCUT2D eigenvalue weighted by atomic mass is 10.0. The molecule has 0 amide bonds. The molecule has 0 spiro atoms. The molecule has 0 fully saturated rings. The number of phosphoric acid groups is 1. The van der Waals surface area contributed by atoms with Crippen LogP contribution in [0.3, 0.4) is 0 Å². The molecule has 2 atom stereocenters. The third kappa shape index (κ3) is 40.4. The Bertz CT molecular complexity index is 861. The van der Waals surface area contributed by atoms with Crippen LogP contribution in [0, 0.1) is 5.92 Å². The Kier molecular flexibility index (Phi) is 35.4. The smallest absolute Gasteiger partial charge is 0.306 e. The van der Waals surface area contributed by atoms with E-state index in [4.69, 9.17) is 18.5 Å². The van der Waals surface area contributed by atoms with Gasteiger partial charge in [0.25, 0.3) is 7.82 Å². The van der Waals surface area contributed by atoms with Gasteiger partial charge >= 0.3 is 5.97 Å². The Morgan fingerprint density at radius 1 is 0.635 bits per heavy atom. The van der Waals surface area contributed by atoms with Crippen molar-refractivity contribution in [3.8, 4) is 0 Å². The van der Waals surface area contributed by atoms with E-state index in [9.17, 15) is 14.3 Å². The minimum absolute atomic E-state index is 0.0278. The molecule has 0 bridgehead atoms. The van der Waals surface area contributed by atoms with Crippen LogP contribution in [0.15, 0.2) is 12.2 Å². The monoisotopic (exact) mass is 760 g/mol. The number of unbranched alkanes of at least 4 members (excludes halogenated alkanes) is 22. The first-order valence-corrected chi connectivity index (χ1v) is 23.2. The molecule has 310 valence electrons. The highest BCUT2D eigenvalue weighted by atomic mass is 31.2. The molecule has 0 saturated carbocycles. The Morgan fingerprint density at radius 2 is 1.12 bits per heavy atom.